The van der Waals surface area contributed by atoms with E-state index in [9.17, 15) is 9.59 Å². The first-order valence-electron chi connectivity index (χ1n) is 6.47. The molecular weight excluding hydrogens is 276 g/mol. The number of carbonyl (C=O) groups is 2. The molecule has 0 atom stereocenters. The summed E-state index contributed by atoms with van der Waals surface area (Å²) in [6.45, 7) is 0.340. The molecule has 0 aliphatic heterocycles. The zero-order valence-electron chi connectivity index (χ0n) is 11.7. The van der Waals surface area contributed by atoms with Crippen molar-refractivity contribution >= 4 is 11.6 Å². The second-order valence-electron chi connectivity index (χ2n) is 4.46. The number of rotatable bonds is 5. The maximum atomic E-state index is 11.3. The number of Topliss-reactive ketones (excluding diaryl/α,β-unsaturated/α-hetero) is 2. The minimum absolute atomic E-state index is 0.340. The highest BCUT2D eigenvalue weighted by molar-refractivity contribution is 6.09. The second kappa shape index (κ2) is 6.92. The summed E-state index contributed by atoms with van der Waals surface area (Å²) in [5.41, 5.74) is 1.83. The van der Waals surface area contributed by atoms with Crippen molar-refractivity contribution in [3.05, 3.63) is 65.2 Å². The molecule has 2 aromatic carbocycles. The van der Waals surface area contributed by atoms with Gasteiger partial charge < -0.3 is 4.74 Å². The van der Waals surface area contributed by atoms with Crippen molar-refractivity contribution in [1.29, 1.82) is 0 Å². The Hall–Kier alpha value is -3.30. The quantitative estimate of drug-likeness (QED) is 0.483. The zero-order valence-corrected chi connectivity index (χ0v) is 11.7. The molecule has 0 spiro atoms. The van der Waals surface area contributed by atoms with Gasteiger partial charge in [0, 0.05) is 11.1 Å². The van der Waals surface area contributed by atoms with Crippen LogP contribution < -0.4 is 4.74 Å². The molecule has 0 heterocycles. The fourth-order valence-electron chi connectivity index (χ4n) is 1.79. The van der Waals surface area contributed by atoms with E-state index in [1.54, 1.807) is 48.5 Å². The van der Waals surface area contributed by atoms with Gasteiger partial charge in [0.1, 0.15) is 12.4 Å². The highest BCUT2D eigenvalue weighted by Crippen LogP contribution is 2.15. The van der Waals surface area contributed by atoms with Crippen LogP contribution in [0.5, 0.6) is 5.75 Å². The number of terminal acetylenes is 2. The lowest BCUT2D eigenvalue weighted by Crippen LogP contribution is -1.99. The van der Waals surface area contributed by atoms with Crippen LogP contribution in [0.15, 0.2) is 48.5 Å². The molecule has 106 valence electrons. The minimum Gasteiger partial charge on any atom is -0.489 e. The van der Waals surface area contributed by atoms with Crippen LogP contribution in [0.1, 0.15) is 26.3 Å². The standard InChI is InChI=1S/C19H12O3/c1-3-18(20)15-7-5-14(6-8-15)13-22-17-11-9-16(10-12-17)19(21)4-2/h1-2,5-12H,13H2. The Labute approximate surface area is 128 Å². The van der Waals surface area contributed by atoms with Gasteiger partial charge in [-0.1, -0.05) is 12.1 Å². The van der Waals surface area contributed by atoms with Gasteiger partial charge in [-0.05, 0) is 53.8 Å². The van der Waals surface area contributed by atoms with Crippen LogP contribution in [-0.4, -0.2) is 11.6 Å². The van der Waals surface area contributed by atoms with E-state index in [1.165, 1.54) is 0 Å². The number of ketones is 2. The van der Waals surface area contributed by atoms with Crippen molar-refractivity contribution in [2.75, 3.05) is 0 Å². The van der Waals surface area contributed by atoms with Crippen LogP contribution in [0.2, 0.25) is 0 Å². The average Bonchev–Trinajstić information content (AvgIpc) is 2.59. The van der Waals surface area contributed by atoms with Gasteiger partial charge in [-0.2, -0.15) is 0 Å². The van der Waals surface area contributed by atoms with E-state index in [-0.39, 0.29) is 11.6 Å². The first kappa shape index (κ1) is 15.1. The van der Waals surface area contributed by atoms with Gasteiger partial charge in [0.05, 0.1) is 0 Å². The van der Waals surface area contributed by atoms with Gasteiger partial charge in [-0.3, -0.25) is 9.59 Å². The monoisotopic (exact) mass is 288 g/mol. The highest BCUT2D eigenvalue weighted by Gasteiger charge is 2.04. The second-order valence-corrected chi connectivity index (χ2v) is 4.46. The normalized spacial score (nSPS) is 9.36. The van der Waals surface area contributed by atoms with Crippen LogP contribution in [0.4, 0.5) is 0 Å². The van der Waals surface area contributed by atoms with Gasteiger partial charge >= 0.3 is 0 Å². The Kier molecular flexibility index (Phi) is 4.75. The maximum absolute atomic E-state index is 11.3. The molecule has 2 aromatic rings. The third-order valence-electron chi connectivity index (χ3n) is 3.00. The third-order valence-corrected chi connectivity index (χ3v) is 3.00. The fourth-order valence-corrected chi connectivity index (χ4v) is 1.79. The summed E-state index contributed by atoms with van der Waals surface area (Å²) in [6, 6.07) is 13.5. The van der Waals surface area contributed by atoms with Crippen molar-refractivity contribution < 1.29 is 14.3 Å². The lowest BCUT2D eigenvalue weighted by Gasteiger charge is -2.07. The average molecular weight is 288 g/mol. The van der Waals surface area contributed by atoms with E-state index in [2.05, 4.69) is 11.8 Å². The van der Waals surface area contributed by atoms with E-state index >= 15 is 0 Å². The number of hydrogen-bond acceptors (Lipinski definition) is 3. The lowest BCUT2D eigenvalue weighted by molar-refractivity contribution is 0.104. The van der Waals surface area contributed by atoms with Crippen LogP contribution in [0.3, 0.4) is 0 Å². The minimum atomic E-state index is -0.361. The predicted octanol–water partition coefficient (Wildman–Crippen LogP) is 2.90. The molecule has 0 fully saturated rings. The van der Waals surface area contributed by atoms with E-state index in [0.29, 0.717) is 23.5 Å². The Bertz CT molecular complexity index is 700. The summed E-state index contributed by atoms with van der Waals surface area (Å²) in [4.78, 5) is 22.6. The van der Waals surface area contributed by atoms with Crippen LogP contribution in [-0.2, 0) is 6.61 Å². The van der Waals surface area contributed by atoms with E-state index in [1.807, 2.05) is 0 Å². The maximum Gasteiger partial charge on any atom is 0.235 e. The van der Waals surface area contributed by atoms with Crippen molar-refractivity contribution in [3.8, 4) is 30.4 Å². The number of benzene rings is 2. The van der Waals surface area contributed by atoms with Crippen LogP contribution in [0, 0.1) is 24.7 Å². The molecule has 3 heteroatoms. The molecule has 0 bridgehead atoms. The first-order chi connectivity index (χ1) is 10.6. The Morgan fingerprint density at radius 3 is 1.73 bits per heavy atom. The van der Waals surface area contributed by atoms with Gasteiger partial charge in [0.25, 0.3) is 0 Å². The van der Waals surface area contributed by atoms with Gasteiger partial charge in [-0.25, -0.2) is 0 Å². The molecule has 0 radical (unpaired) electrons. The smallest absolute Gasteiger partial charge is 0.235 e. The Morgan fingerprint density at radius 2 is 1.27 bits per heavy atom. The molecule has 3 nitrogen and oxygen atoms in total. The number of ether oxygens (including phenoxy) is 1. The molecule has 0 saturated carbocycles. The zero-order chi connectivity index (χ0) is 15.9. The molecule has 0 aliphatic carbocycles. The highest BCUT2D eigenvalue weighted by atomic mass is 16.5. The predicted molar refractivity (Wildman–Crippen MR) is 83.5 cm³/mol. The molecule has 2 rings (SSSR count). The van der Waals surface area contributed by atoms with Crippen molar-refractivity contribution in [2.45, 2.75) is 6.61 Å². The molecule has 0 amide bonds. The van der Waals surface area contributed by atoms with E-state index < -0.39 is 0 Å². The van der Waals surface area contributed by atoms with Gasteiger partial charge in [0.15, 0.2) is 0 Å². The number of carbonyl (C=O) groups excluding carboxylic acids is 2. The van der Waals surface area contributed by atoms with E-state index in [4.69, 9.17) is 17.6 Å². The summed E-state index contributed by atoms with van der Waals surface area (Å²) in [5.74, 6) is 4.04. The molecule has 0 aromatic heterocycles. The SMILES string of the molecule is C#CC(=O)c1ccc(COc2ccc(C(=O)C#C)cc2)cc1. The Balaban J connectivity index is 1.98. The summed E-state index contributed by atoms with van der Waals surface area (Å²) in [7, 11) is 0. The lowest BCUT2D eigenvalue weighted by atomic mass is 10.1. The van der Waals surface area contributed by atoms with Crippen LogP contribution >= 0.6 is 0 Å². The molecule has 0 saturated heterocycles. The largest absolute Gasteiger partial charge is 0.489 e. The molecule has 0 N–H and O–H groups in total. The van der Waals surface area contributed by atoms with Crippen molar-refractivity contribution in [1.82, 2.24) is 0 Å². The third kappa shape index (κ3) is 3.62. The summed E-state index contributed by atoms with van der Waals surface area (Å²) in [6.07, 6.45) is 10.1. The van der Waals surface area contributed by atoms with Gasteiger partial charge in [-0.15, -0.1) is 12.8 Å². The number of hydrogen-bond donors (Lipinski definition) is 0. The topological polar surface area (TPSA) is 43.4 Å². The molecular formula is C19H12O3. The fraction of sp³-hybridized carbons (Fsp3) is 0.0526. The summed E-state index contributed by atoms with van der Waals surface area (Å²) >= 11 is 0. The first-order valence-corrected chi connectivity index (χ1v) is 6.47. The van der Waals surface area contributed by atoms with E-state index in [0.717, 1.165) is 5.56 Å². The van der Waals surface area contributed by atoms with Crippen LogP contribution in [0.25, 0.3) is 0 Å². The Morgan fingerprint density at radius 1 is 0.818 bits per heavy atom. The van der Waals surface area contributed by atoms with Crippen molar-refractivity contribution in [3.63, 3.8) is 0 Å². The molecule has 0 aliphatic rings. The van der Waals surface area contributed by atoms with Crippen molar-refractivity contribution in [2.24, 2.45) is 0 Å². The molecule has 22 heavy (non-hydrogen) atoms. The molecule has 0 unspecified atom stereocenters. The van der Waals surface area contributed by atoms with Gasteiger partial charge in [0.2, 0.25) is 11.6 Å². The summed E-state index contributed by atoms with van der Waals surface area (Å²) < 4.78 is 5.60. The summed E-state index contributed by atoms with van der Waals surface area (Å²) in [5, 5.41) is 0.